The molecule has 0 aliphatic carbocycles. The molecule has 0 aliphatic heterocycles. The molecule has 0 atom stereocenters. The van der Waals surface area contributed by atoms with Crippen LogP contribution in [0.25, 0.3) is 0 Å². The van der Waals surface area contributed by atoms with Gasteiger partial charge in [0.25, 0.3) is 9.05 Å². The number of aromatic nitrogens is 5. The Morgan fingerprint density at radius 3 is 2.53 bits per heavy atom. The third-order valence-electron chi connectivity index (χ3n) is 2.85. The highest BCUT2D eigenvalue weighted by Crippen LogP contribution is 2.23. The summed E-state index contributed by atoms with van der Waals surface area (Å²) in [5.74, 6) is 0.714. The first kappa shape index (κ1) is 14.0. The zero-order chi connectivity index (χ0) is 14.2. The second-order valence-electron chi connectivity index (χ2n) is 4.09. The Hall–Kier alpha value is -1.41. The van der Waals surface area contributed by atoms with E-state index in [2.05, 4.69) is 15.2 Å². The first-order chi connectivity index (χ1) is 8.84. The van der Waals surface area contributed by atoms with E-state index in [-0.39, 0.29) is 4.90 Å². The number of nitrogens with zero attached hydrogens (tertiary/aromatic N) is 5. The minimum atomic E-state index is -3.79. The van der Waals surface area contributed by atoms with Crippen LogP contribution in [0, 0.1) is 13.8 Å². The van der Waals surface area contributed by atoms with Crippen molar-refractivity contribution >= 4 is 19.7 Å². The first-order valence-corrected chi connectivity index (χ1v) is 8.01. The standard InChI is InChI=1S/C10H14ClN5O2S/c1-4-15-9(12-6-13-15)5-16-8(3)10(7(2)14-16)19(11,17)18/h6H,4-5H2,1-3H3. The maximum absolute atomic E-state index is 11.5. The summed E-state index contributed by atoms with van der Waals surface area (Å²) in [5, 5.41) is 8.26. The predicted octanol–water partition coefficient (Wildman–Crippen LogP) is 1.09. The highest BCUT2D eigenvalue weighted by atomic mass is 35.7. The summed E-state index contributed by atoms with van der Waals surface area (Å²) in [5.41, 5.74) is 0.883. The van der Waals surface area contributed by atoms with Crippen molar-refractivity contribution in [3.63, 3.8) is 0 Å². The van der Waals surface area contributed by atoms with Crippen LogP contribution in [0.1, 0.15) is 24.1 Å². The van der Waals surface area contributed by atoms with Crippen molar-refractivity contribution in [1.29, 1.82) is 0 Å². The van der Waals surface area contributed by atoms with E-state index in [0.717, 1.165) is 0 Å². The van der Waals surface area contributed by atoms with E-state index < -0.39 is 9.05 Å². The van der Waals surface area contributed by atoms with Gasteiger partial charge in [-0.05, 0) is 20.8 Å². The molecule has 0 unspecified atom stereocenters. The van der Waals surface area contributed by atoms with E-state index >= 15 is 0 Å². The zero-order valence-corrected chi connectivity index (χ0v) is 12.4. The molecule has 0 amide bonds. The summed E-state index contributed by atoms with van der Waals surface area (Å²) in [7, 11) is 1.62. The van der Waals surface area contributed by atoms with Gasteiger partial charge >= 0.3 is 0 Å². The van der Waals surface area contributed by atoms with Gasteiger partial charge in [0.15, 0.2) is 0 Å². The third kappa shape index (κ3) is 2.64. The SMILES string of the molecule is CCn1ncnc1Cn1nc(C)c(S(=O)(=O)Cl)c1C. The van der Waals surface area contributed by atoms with Crippen molar-refractivity contribution in [1.82, 2.24) is 24.5 Å². The Labute approximate surface area is 115 Å². The number of aryl methyl sites for hydroxylation is 2. The van der Waals surface area contributed by atoms with Gasteiger partial charge in [0.2, 0.25) is 0 Å². The van der Waals surface area contributed by atoms with Crippen LogP contribution in [-0.2, 0) is 22.1 Å². The van der Waals surface area contributed by atoms with E-state index in [1.165, 1.54) is 6.33 Å². The zero-order valence-electron chi connectivity index (χ0n) is 10.8. The van der Waals surface area contributed by atoms with E-state index in [4.69, 9.17) is 10.7 Å². The molecule has 2 heterocycles. The van der Waals surface area contributed by atoms with Crippen LogP contribution in [0.15, 0.2) is 11.2 Å². The number of hydrogen-bond acceptors (Lipinski definition) is 5. The Morgan fingerprint density at radius 1 is 1.32 bits per heavy atom. The minimum Gasteiger partial charge on any atom is -0.261 e. The fraction of sp³-hybridized carbons (Fsp3) is 0.500. The summed E-state index contributed by atoms with van der Waals surface area (Å²) in [6.07, 6.45) is 1.46. The van der Waals surface area contributed by atoms with Crippen molar-refractivity contribution in [3.05, 3.63) is 23.5 Å². The highest BCUT2D eigenvalue weighted by Gasteiger charge is 2.23. The number of halogens is 1. The third-order valence-corrected chi connectivity index (χ3v) is 4.39. The summed E-state index contributed by atoms with van der Waals surface area (Å²) < 4.78 is 26.3. The van der Waals surface area contributed by atoms with Crippen LogP contribution in [0.4, 0.5) is 0 Å². The summed E-state index contributed by atoms with van der Waals surface area (Å²) >= 11 is 0. The minimum absolute atomic E-state index is 0.0664. The van der Waals surface area contributed by atoms with Crippen LogP contribution >= 0.6 is 10.7 Å². The normalized spacial score (nSPS) is 12.0. The van der Waals surface area contributed by atoms with Gasteiger partial charge in [0, 0.05) is 17.2 Å². The highest BCUT2D eigenvalue weighted by molar-refractivity contribution is 8.13. The van der Waals surface area contributed by atoms with Gasteiger partial charge in [-0.1, -0.05) is 0 Å². The van der Waals surface area contributed by atoms with Crippen molar-refractivity contribution in [2.24, 2.45) is 0 Å². The molecule has 0 saturated heterocycles. The maximum atomic E-state index is 11.5. The van der Waals surface area contributed by atoms with Gasteiger partial charge in [0.1, 0.15) is 23.6 Å². The lowest BCUT2D eigenvalue weighted by Crippen LogP contribution is -2.11. The van der Waals surface area contributed by atoms with Gasteiger partial charge in [-0.15, -0.1) is 0 Å². The lowest BCUT2D eigenvalue weighted by atomic mass is 10.4. The molecule has 2 aromatic heterocycles. The Kier molecular flexibility index (Phi) is 3.64. The summed E-state index contributed by atoms with van der Waals surface area (Å²) in [6, 6.07) is 0. The smallest absolute Gasteiger partial charge is 0.261 e. The number of hydrogen-bond donors (Lipinski definition) is 0. The van der Waals surface area contributed by atoms with E-state index in [1.807, 2.05) is 6.92 Å². The lowest BCUT2D eigenvalue weighted by Gasteiger charge is -2.05. The van der Waals surface area contributed by atoms with Crippen molar-refractivity contribution < 1.29 is 8.42 Å². The molecule has 0 bridgehead atoms. The van der Waals surface area contributed by atoms with Crippen molar-refractivity contribution in [2.75, 3.05) is 0 Å². The molecule has 0 aromatic carbocycles. The fourth-order valence-electron chi connectivity index (χ4n) is 2.00. The monoisotopic (exact) mass is 303 g/mol. The average molecular weight is 304 g/mol. The fourth-order valence-corrected chi connectivity index (χ4v) is 3.52. The largest absolute Gasteiger partial charge is 0.264 e. The van der Waals surface area contributed by atoms with Crippen LogP contribution in [0.2, 0.25) is 0 Å². The van der Waals surface area contributed by atoms with E-state index in [9.17, 15) is 8.42 Å². The predicted molar refractivity (Wildman–Crippen MR) is 69.5 cm³/mol. The maximum Gasteiger partial charge on any atom is 0.264 e. The average Bonchev–Trinajstić information content (AvgIpc) is 2.83. The van der Waals surface area contributed by atoms with E-state index in [0.29, 0.717) is 30.3 Å². The molecule has 0 saturated carbocycles. The van der Waals surface area contributed by atoms with Crippen LogP contribution in [-0.4, -0.2) is 33.0 Å². The molecule has 9 heteroatoms. The topological polar surface area (TPSA) is 82.7 Å². The molecule has 0 N–H and O–H groups in total. The van der Waals surface area contributed by atoms with Gasteiger partial charge in [-0.2, -0.15) is 10.2 Å². The quantitative estimate of drug-likeness (QED) is 0.790. The Bertz CT molecular complexity index is 704. The van der Waals surface area contributed by atoms with E-state index in [1.54, 1.807) is 23.2 Å². The molecule has 0 fully saturated rings. The Morgan fingerprint density at radius 2 is 2.00 bits per heavy atom. The van der Waals surface area contributed by atoms with Crippen molar-refractivity contribution in [3.8, 4) is 0 Å². The molecule has 2 aromatic rings. The lowest BCUT2D eigenvalue weighted by molar-refractivity contribution is 0.558. The van der Waals surface area contributed by atoms with Gasteiger partial charge in [-0.3, -0.25) is 4.68 Å². The molecular formula is C10H14ClN5O2S. The van der Waals surface area contributed by atoms with Crippen LogP contribution in [0.5, 0.6) is 0 Å². The van der Waals surface area contributed by atoms with Gasteiger partial charge in [0.05, 0.1) is 11.4 Å². The molecule has 0 aliphatic rings. The van der Waals surface area contributed by atoms with Gasteiger partial charge in [-0.25, -0.2) is 18.1 Å². The summed E-state index contributed by atoms with van der Waals surface area (Å²) in [4.78, 5) is 4.20. The summed E-state index contributed by atoms with van der Waals surface area (Å²) in [6.45, 7) is 6.28. The van der Waals surface area contributed by atoms with Crippen LogP contribution in [0.3, 0.4) is 0 Å². The second-order valence-corrected chi connectivity index (χ2v) is 6.59. The second kappa shape index (κ2) is 4.93. The number of rotatable bonds is 4. The molecule has 0 spiro atoms. The molecule has 7 nitrogen and oxygen atoms in total. The first-order valence-electron chi connectivity index (χ1n) is 5.70. The molecule has 104 valence electrons. The van der Waals surface area contributed by atoms with Crippen LogP contribution < -0.4 is 0 Å². The Balaban J connectivity index is 2.43. The molecule has 2 rings (SSSR count). The van der Waals surface area contributed by atoms with Crippen molar-refractivity contribution in [2.45, 2.75) is 38.8 Å². The van der Waals surface area contributed by atoms with Gasteiger partial charge < -0.3 is 0 Å². The molecule has 19 heavy (non-hydrogen) atoms. The molecular weight excluding hydrogens is 290 g/mol. The molecule has 0 radical (unpaired) electrons.